The van der Waals surface area contributed by atoms with Crippen molar-refractivity contribution in [2.24, 2.45) is 7.05 Å². The van der Waals surface area contributed by atoms with Gasteiger partial charge in [-0.05, 0) is 26.0 Å². The molecule has 0 bridgehead atoms. The van der Waals surface area contributed by atoms with Crippen molar-refractivity contribution < 1.29 is 4.79 Å². The van der Waals surface area contributed by atoms with E-state index < -0.39 is 0 Å². The quantitative estimate of drug-likeness (QED) is 0.824. The number of aromatic nitrogens is 3. The summed E-state index contributed by atoms with van der Waals surface area (Å²) in [5.74, 6) is 0.0549. The van der Waals surface area contributed by atoms with E-state index in [1.165, 1.54) is 0 Å². The first-order valence-corrected chi connectivity index (χ1v) is 6.57. The normalized spacial score (nSPS) is 10.7. The molecular weight excluding hydrogens is 240 g/mol. The third kappa shape index (κ3) is 2.86. The van der Waals surface area contributed by atoms with Crippen LogP contribution in [0.15, 0.2) is 30.7 Å². The molecule has 0 fully saturated rings. The first-order chi connectivity index (χ1) is 9.15. The Kier molecular flexibility index (Phi) is 4.04. The number of hydrogen-bond donors (Lipinski definition) is 0. The van der Waals surface area contributed by atoms with Crippen molar-refractivity contribution in [3.63, 3.8) is 0 Å². The van der Waals surface area contributed by atoms with Crippen LogP contribution in [0.25, 0.3) is 0 Å². The molecule has 0 aliphatic rings. The van der Waals surface area contributed by atoms with Crippen LogP contribution in [0.1, 0.15) is 29.9 Å². The van der Waals surface area contributed by atoms with Crippen molar-refractivity contribution in [2.75, 3.05) is 6.54 Å². The molecule has 0 saturated carbocycles. The van der Waals surface area contributed by atoms with Crippen LogP contribution in [0, 0.1) is 0 Å². The lowest BCUT2D eigenvalue weighted by Gasteiger charge is -2.20. The summed E-state index contributed by atoms with van der Waals surface area (Å²) < 4.78 is 3.72. The predicted molar refractivity (Wildman–Crippen MR) is 73.7 cm³/mol. The van der Waals surface area contributed by atoms with E-state index in [0.717, 1.165) is 12.1 Å². The molecule has 0 N–H and O–H groups in total. The summed E-state index contributed by atoms with van der Waals surface area (Å²) in [5.41, 5.74) is 1.77. The minimum Gasteiger partial charge on any atom is -0.347 e. The summed E-state index contributed by atoms with van der Waals surface area (Å²) in [6.45, 7) is 6.16. The van der Waals surface area contributed by atoms with Crippen LogP contribution in [0.5, 0.6) is 0 Å². The van der Waals surface area contributed by atoms with Gasteiger partial charge in [0.2, 0.25) is 0 Å². The molecule has 0 aliphatic carbocycles. The topological polar surface area (TPSA) is 43.1 Å². The fourth-order valence-corrected chi connectivity index (χ4v) is 2.05. The lowest BCUT2D eigenvalue weighted by atomic mass is 10.3. The van der Waals surface area contributed by atoms with Gasteiger partial charge in [-0.1, -0.05) is 0 Å². The highest BCUT2D eigenvalue weighted by Gasteiger charge is 2.17. The Morgan fingerprint density at radius 2 is 2.21 bits per heavy atom. The highest BCUT2D eigenvalue weighted by atomic mass is 16.2. The molecule has 2 aromatic rings. The molecule has 2 rings (SSSR count). The fourth-order valence-electron chi connectivity index (χ4n) is 2.05. The molecule has 0 atom stereocenters. The molecule has 19 heavy (non-hydrogen) atoms. The zero-order valence-electron chi connectivity index (χ0n) is 11.7. The lowest BCUT2D eigenvalue weighted by molar-refractivity contribution is 0.0743. The number of hydrogen-bond acceptors (Lipinski definition) is 2. The van der Waals surface area contributed by atoms with Gasteiger partial charge in [0.1, 0.15) is 5.69 Å². The highest BCUT2D eigenvalue weighted by Crippen LogP contribution is 2.10. The van der Waals surface area contributed by atoms with Gasteiger partial charge in [-0.15, -0.1) is 0 Å². The summed E-state index contributed by atoms with van der Waals surface area (Å²) in [5, 5.41) is 4.24. The third-order valence-electron chi connectivity index (χ3n) is 3.22. The molecule has 0 aliphatic heterocycles. The number of carbonyl (C=O) groups is 1. The Balaban J connectivity index is 2.12. The SMILES string of the molecule is CCN(Cc1cnn(CC)c1)C(=O)c1cccn1C. The number of carbonyl (C=O) groups excluding carboxylic acids is 1. The summed E-state index contributed by atoms with van der Waals surface area (Å²) in [7, 11) is 1.89. The summed E-state index contributed by atoms with van der Waals surface area (Å²) >= 11 is 0. The molecule has 1 amide bonds. The molecule has 0 spiro atoms. The maximum atomic E-state index is 12.4. The van der Waals surface area contributed by atoms with E-state index in [-0.39, 0.29) is 5.91 Å². The zero-order chi connectivity index (χ0) is 13.8. The van der Waals surface area contributed by atoms with Crippen molar-refractivity contribution in [2.45, 2.75) is 26.9 Å². The average Bonchev–Trinajstić information content (AvgIpc) is 3.03. The maximum absolute atomic E-state index is 12.4. The van der Waals surface area contributed by atoms with E-state index in [1.54, 1.807) is 0 Å². The van der Waals surface area contributed by atoms with Gasteiger partial charge in [0, 0.05) is 44.6 Å². The molecule has 0 saturated heterocycles. The van der Waals surface area contributed by atoms with Crippen LogP contribution in [0.2, 0.25) is 0 Å². The molecular formula is C14H20N4O. The van der Waals surface area contributed by atoms with Gasteiger partial charge in [0.05, 0.1) is 6.20 Å². The van der Waals surface area contributed by atoms with Gasteiger partial charge in [-0.25, -0.2) is 0 Å². The van der Waals surface area contributed by atoms with E-state index in [2.05, 4.69) is 5.10 Å². The molecule has 2 aromatic heterocycles. The zero-order valence-corrected chi connectivity index (χ0v) is 11.7. The van der Waals surface area contributed by atoms with Crippen molar-refractivity contribution in [3.8, 4) is 0 Å². The standard InChI is InChI=1S/C14H20N4O/c1-4-17(10-12-9-15-18(5-2)11-12)14(19)13-7-6-8-16(13)3/h6-9,11H,4-5,10H2,1-3H3. The lowest BCUT2D eigenvalue weighted by Crippen LogP contribution is -2.31. The second-order valence-electron chi connectivity index (χ2n) is 4.53. The molecule has 5 heteroatoms. The highest BCUT2D eigenvalue weighted by molar-refractivity contribution is 5.92. The van der Waals surface area contributed by atoms with E-state index in [0.29, 0.717) is 18.8 Å². The summed E-state index contributed by atoms with van der Waals surface area (Å²) in [6, 6.07) is 3.73. The van der Waals surface area contributed by atoms with Gasteiger partial charge in [-0.2, -0.15) is 5.10 Å². The molecule has 0 unspecified atom stereocenters. The van der Waals surface area contributed by atoms with Crippen LogP contribution >= 0.6 is 0 Å². The molecule has 0 aromatic carbocycles. The van der Waals surface area contributed by atoms with Gasteiger partial charge < -0.3 is 9.47 Å². The number of aryl methyl sites for hydroxylation is 2. The Labute approximate surface area is 113 Å². The second-order valence-corrected chi connectivity index (χ2v) is 4.53. The minimum atomic E-state index is 0.0549. The third-order valence-corrected chi connectivity index (χ3v) is 3.22. The Bertz CT molecular complexity index is 555. The summed E-state index contributed by atoms with van der Waals surface area (Å²) in [4.78, 5) is 14.2. The number of rotatable bonds is 5. The van der Waals surface area contributed by atoms with Crippen LogP contribution < -0.4 is 0 Å². The monoisotopic (exact) mass is 260 g/mol. The van der Waals surface area contributed by atoms with Crippen molar-refractivity contribution in [1.82, 2.24) is 19.2 Å². The fraction of sp³-hybridized carbons (Fsp3) is 0.429. The number of amides is 1. The first-order valence-electron chi connectivity index (χ1n) is 6.57. The predicted octanol–water partition coefficient (Wildman–Crippen LogP) is 1.90. The van der Waals surface area contributed by atoms with E-state index in [1.807, 2.05) is 65.8 Å². The first kappa shape index (κ1) is 13.4. The maximum Gasteiger partial charge on any atom is 0.270 e. The molecule has 5 nitrogen and oxygen atoms in total. The average molecular weight is 260 g/mol. The largest absolute Gasteiger partial charge is 0.347 e. The van der Waals surface area contributed by atoms with Gasteiger partial charge >= 0.3 is 0 Å². The van der Waals surface area contributed by atoms with Crippen molar-refractivity contribution >= 4 is 5.91 Å². The van der Waals surface area contributed by atoms with Crippen molar-refractivity contribution in [3.05, 3.63) is 42.0 Å². The van der Waals surface area contributed by atoms with E-state index >= 15 is 0 Å². The summed E-state index contributed by atoms with van der Waals surface area (Å²) in [6.07, 6.45) is 5.70. The van der Waals surface area contributed by atoms with E-state index in [4.69, 9.17) is 0 Å². The Morgan fingerprint density at radius 3 is 2.74 bits per heavy atom. The second kappa shape index (κ2) is 5.73. The molecule has 102 valence electrons. The van der Waals surface area contributed by atoms with Crippen LogP contribution in [0.3, 0.4) is 0 Å². The number of nitrogens with zero attached hydrogens (tertiary/aromatic N) is 4. The van der Waals surface area contributed by atoms with Crippen molar-refractivity contribution in [1.29, 1.82) is 0 Å². The smallest absolute Gasteiger partial charge is 0.270 e. The van der Waals surface area contributed by atoms with Crippen LogP contribution in [0.4, 0.5) is 0 Å². The Hall–Kier alpha value is -2.04. The molecule has 2 heterocycles. The van der Waals surface area contributed by atoms with Gasteiger partial charge in [0.15, 0.2) is 0 Å². The Morgan fingerprint density at radius 1 is 1.42 bits per heavy atom. The van der Waals surface area contributed by atoms with Gasteiger partial charge in [-0.3, -0.25) is 9.48 Å². The minimum absolute atomic E-state index is 0.0549. The molecule has 0 radical (unpaired) electrons. The van der Waals surface area contributed by atoms with Crippen LogP contribution in [-0.2, 0) is 20.1 Å². The van der Waals surface area contributed by atoms with Crippen LogP contribution in [-0.4, -0.2) is 31.7 Å². The van der Waals surface area contributed by atoms with E-state index in [9.17, 15) is 4.79 Å². The van der Waals surface area contributed by atoms with Gasteiger partial charge in [0.25, 0.3) is 5.91 Å².